The predicted molar refractivity (Wildman–Crippen MR) is 60.5 cm³/mol. The molecule has 1 aliphatic rings. The standard InChI is InChI=1S/C10H17NO3S/c1-10(2)7(8(10)9(12)13)6-11-14-4-5-15-3/h6,8,11H,4-5H2,1-3H3,(H,12,13). The summed E-state index contributed by atoms with van der Waals surface area (Å²) >= 11 is 1.70. The number of rotatable bonds is 6. The van der Waals surface area contributed by atoms with Gasteiger partial charge in [0.05, 0.1) is 12.5 Å². The van der Waals surface area contributed by atoms with Crippen molar-refractivity contribution in [2.24, 2.45) is 11.3 Å². The van der Waals surface area contributed by atoms with E-state index in [0.29, 0.717) is 6.61 Å². The number of carboxylic acid groups (broad SMARTS) is 1. The number of carboxylic acids is 1. The van der Waals surface area contributed by atoms with Gasteiger partial charge in [0.2, 0.25) is 0 Å². The Morgan fingerprint density at radius 2 is 2.40 bits per heavy atom. The van der Waals surface area contributed by atoms with Crippen LogP contribution in [0.25, 0.3) is 0 Å². The highest BCUT2D eigenvalue weighted by Gasteiger charge is 2.57. The molecule has 0 bridgehead atoms. The Hall–Kier alpha value is -0.680. The monoisotopic (exact) mass is 231 g/mol. The van der Waals surface area contributed by atoms with Crippen LogP contribution in [0.2, 0.25) is 0 Å². The zero-order chi connectivity index (χ0) is 11.5. The Morgan fingerprint density at radius 3 is 2.87 bits per heavy atom. The number of aliphatic carboxylic acids is 1. The molecule has 0 saturated heterocycles. The fourth-order valence-corrected chi connectivity index (χ4v) is 1.83. The summed E-state index contributed by atoms with van der Waals surface area (Å²) in [5.74, 6) is -0.214. The van der Waals surface area contributed by atoms with E-state index < -0.39 is 5.97 Å². The predicted octanol–water partition coefficient (Wildman–Crippen LogP) is 1.50. The third-order valence-electron chi connectivity index (χ3n) is 2.63. The zero-order valence-electron chi connectivity index (χ0n) is 9.24. The van der Waals surface area contributed by atoms with E-state index in [-0.39, 0.29) is 11.3 Å². The van der Waals surface area contributed by atoms with Crippen LogP contribution < -0.4 is 5.48 Å². The molecular weight excluding hydrogens is 214 g/mol. The van der Waals surface area contributed by atoms with Crippen molar-refractivity contribution in [1.82, 2.24) is 5.48 Å². The second-order valence-corrected chi connectivity index (χ2v) is 5.04. The average Bonchev–Trinajstić information content (AvgIpc) is 2.68. The van der Waals surface area contributed by atoms with Gasteiger partial charge in [-0.2, -0.15) is 11.8 Å². The molecule has 0 radical (unpaired) electrons. The van der Waals surface area contributed by atoms with E-state index in [2.05, 4.69) is 5.48 Å². The lowest BCUT2D eigenvalue weighted by Crippen LogP contribution is -2.09. The van der Waals surface area contributed by atoms with E-state index in [0.717, 1.165) is 11.3 Å². The normalized spacial score (nSPS) is 25.3. The van der Waals surface area contributed by atoms with E-state index in [1.54, 1.807) is 18.0 Å². The van der Waals surface area contributed by atoms with Crippen molar-refractivity contribution in [3.63, 3.8) is 0 Å². The Labute approximate surface area is 94.0 Å². The summed E-state index contributed by atoms with van der Waals surface area (Å²) in [6.45, 7) is 4.45. The SMILES string of the molecule is CSCCONC=C1C(C(=O)O)C1(C)C. The molecule has 2 N–H and O–H groups in total. The molecule has 1 rings (SSSR count). The minimum absolute atomic E-state index is 0.234. The Bertz CT molecular complexity index is 276. The number of nitrogens with one attached hydrogen (secondary N) is 1. The van der Waals surface area contributed by atoms with Crippen LogP contribution in [0.1, 0.15) is 13.8 Å². The molecule has 15 heavy (non-hydrogen) atoms. The summed E-state index contributed by atoms with van der Waals surface area (Å²) in [5.41, 5.74) is 3.34. The Kier molecular flexibility index (Phi) is 4.04. The third kappa shape index (κ3) is 2.89. The summed E-state index contributed by atoms with van der Waals surface area (Å²) in [6, 6.07) is 0. The van der Waals surface area contributed by atoms with Crippen LogP contribution in [0, 0.1) is 11.3 Å². The Morgan fingerprint density at radius 1 is 1.73 bits per heavy atom. The number of hydrogen-bond acceptors (Lipinski definition) is 4. The van der Waals surface area contributed by atoms with Gasteiger partial charge in [-0.25, -0.2) is 0 Å². The summed E-state index contributed by atoms with van der Waals surface area (Å²) in [5, 5.41) is 8.89. The first kappa shape index (κ1) is 12.4. The summed E-state index contributed by atoms with van der Waals surface area (Å²) in [7, 11) is 0. The first-order chi connectivity index (χ1) is 7.01. The van der Waals surface area contributed by atoms with Crippen LogP contribution in [0.3, 0.4) is 0 Å². The smallest absolute Gasteiger partial charge is 0.311 e. The van der Waals surface area contributed by atoms with Crippen molar-refractivity contribution < 1.29 is 14.7 Å². The molecule has 0 spiro atoms. The fraction of sp³-hybridized carbons (Fsp3) is 0.700. The highest BCUT2D eigenvalue weighted by molar-refractivity contribution is 7.98. The van der Waals surface area contributed by atoms with E-state index >= 15 is 0 Å². The second kappa shape index (κ2) is 4.90. The van der Waals surface area contributed by atoms with Crippen molar-refractivity contribution in [1.29, 1.82) is 0 Å². The molecule has 0 aromatic rings. The molecule has 0 amide bonds. The van der Waals surface area contributed by atoms with Crippen LogP contribution in [-0.4, -0.2) is 29.7 Å². The van der Waals surface area contributed by atoms with Gasteiger partial charge in [0, 0.05) is 17.4 Å². The molecule has 5 heteroatoms. The van der Waals surface area contributed by atoms with Gasteiger partial charge < -0.3 is 5.11 Å². The van der Waals surface area contributed by atoms with Gasteiger partial charge in [0.1, 0.15) is 0 Å². The lowest BCUT2D eigenvalue weighted by Gasteiger charge is -2.00. The first-order valence-corrected chi connectivity index (χ1v) is 6.20. The quantitative estimate of drug-likeness (QED) is 0.536. The van der Waals surface area contributed by atoms with Gasteiger partial charge in [-0.15, -0.1) is 0 Å². The molecule has 1 atom stereocenters. The number of thioether (sulfide) groups is 1. The molecule has 0 aliphatic heterocycles. The van der Waals surface area contributed by atoms with E-state index in [1.165, 1.54) is 0 Å². The van der Waals surface area contributed by atoms with E-state index in [9.17, 15) is 4.79 Å². The number of carbonyl (C=O) groups is 1. The fourth-order valence-electron chi connectivity index (χ4n) is 1.58. The minimum atomic E-state index is -0.767. The molecular formula is C10H17NO3S. The van der Waals surface area contributed by atoms with E-state index in [4.69, 9.17) is 9.94 Å². The van der Waals surface area contributed by atoms with Crippen LogP contribution in [0.4, 0.5) is 0 Å². The molecule has 4 nitrogen and oxygen atoms in total. The van der Waals surface area contributed by atoms with Gasteiger partial charge in [-0.05, 0) is 11.8 Å². The highest BCUT2D eigenvalue weighted by atomic mass is 32.2. The van der Waals surface area contributed by atoms with Crippen molar-refractivity contribution in [2.75, 3.05) is 18.6 Å². The average molecular weight is 231 g/mol. The molecule has 0 aromatic carbocycles. The highest BCUT2D eigenvalue weighted by Crippen LogP contribution is 2.57. The molecule has 0 heterocycles. The molecule has 1 saturated carbocycles. The molecule has 86 valence electrons. The van der Waals surface area contributed by atoms with Gasteiger partial charge in [0.25, 0.3) is 0 Å². The van der Waals surface area contributed by atoms with Gasteiger partial charge in [0.15, 0.2) is 0 Å². The maximum atomic E-state index is 10.8. The maximum absolute atomic E-state index is 10.8. The summed E-state index contributed by atoms with van der Waals surface area (Å²) in [4.78, 5) is 15.9. The largest absolute Gasteiger partial charge is 0.481 e. The van der Waals surface area contributed by atoms with Crippen LogP contribution in [-0.2, 0) is 9.63 Å². The third-order valence-corrected chi connectivity index (χ3v) is 3.20. The van der Waals surface area contributed by atoms with Crippen molar-refractivity contribution in [3.05, 3.63) is 11.8 Å². The second-order valence-electron chi connectivity index (χ2n) is 4.05. The van der Waals surface area contributed by atoms with Crippen molar-refractivity contribution in [3.8, 4) is 0 Å². The molecule has 1 aliphatic carbocycles. The molecule has 1 unspecified atom stereocenters. The molecule has 0 aromatic heterocycles. The van der Waals surface area contributed by atoms with Gasteiger partial charge >= 0.3 is 5.97 Å². The molecule has 1 fully saturated rings. The summed E-state index contributed by atoms with van der Waals surface area (Å²) in [6.07, 6.45) is 3.67. The topological polar surface area (TPSA) is 58.6 Å². The van der Waals surface area contributed by atoms with E-state index in [1.807, 2.05) is 20.1 Å². The van der Waals surface area contributed by atoms with Crippen LogP contribution in [0.15, 0.2) is 11.8 Å². The lowest BCUT2D eigenvalue weighted by molar-refractivity contribution is -0.139. The van der Waals surface area contributed by atoms with Crippen molar-refractivity contribution in [2.45, 2.75) is 13.8 Å². The number of hydroxylamine groups is 1. The summed E-state index contributed by atoms with van der Waals surface area (Å²) < 4.78 is 0. The van der Waals surface area contributed by atoms with Crippen LogP contribution in [0.5, 0.6) is 0 Å². The first-order valence-electron chi connectivity index (χ1n) is 4.81. The zero-order valence-corrected chi connectivity index (χ0v) is 10.1. The van der Waals surface area contributed by atoms with Crippen molar-refractivity contribution >= 4 is 17.7 Å². The van der Waals surface area contributed by atoms with Gasteiger partial charge in [-0.3, -0.25) is 15.1 Å². The lowest BCUT2D eigenvalue weighted by atomic mass is 10.1. The Balaban J connectivity index is 2.33. The van der Waals surface area contributed by atoms with Gasteiger partial charge in [-0.1, -0.05) is 13.8 Å². The maximum Gasteiger partial charge on any atom is 0.311 e. The number of hydrogen-bond donors (Lipinski definition) is 2. The minimum Gasteiger partial charge on any atom is -0.481 e. The van der Waals surface area contributed by atoms with Crippen LogP contribution >= 0.6 is 11.8 Å².